The van der Waals surface area contributed by atoms with E-state index in [1.165, 1.54) is 7.11 Å². The van der Waals surface area contributed by atoms with Crippen molar-refractivity contribution in [2.75, 3.05) is 7.11 Å². The molecule has 0 spiro atoms. The first-order chi connectivity index (χ1) is 8.64. The molecular weight excluding hydrogens is 271 g/mol. The maximum atomic E-state index is 12.6. The highest BCUT2D eigenvalue weighted by molar-refractivity contribution is 7.62. The molecule has 0 heterocycles. The van der Waals surface area contributed by atoms with Gasteiger partial charge in [-0.1, -0.05) is 29.8 Å². The lowest BCUT2D eigenvalue weighted by atomic mass is 10.3. The van der Waals surface area contributed by atoms with E-state index in [-0.39, 0.29) is 0 Å². The van der Waals surface area contributed by atoms with Crippen LogP contribution in [-0.4, -0.2) is 7.11 Å². The van der Waals surface area contributed by atoms with Crippen molar-refractivity contribution in [3.8, 4) is 5.75 Å². The summed E-state index contributed by atoms with van der Waals surface area (Å²) in [6.07, 6.45) is 0. The number of hydrogen-bond acceptors (Lipinski definition) is 3. The summed E-state index contributed by atoms with van der Waals surface area (Å²) in [5.74, 6) is 0.452. The largest absolute Gasteiger partial charge is 0.421 e. The predicted octanol–water partition coefficient (Wildman–Crippen LogP) is 3.88. The quantitative estimate of drug-likeness (QED) is 0.798. The van der Waals surface area contributed by atoms with Crippen molar-refractivity contribution < 1.29 is 13.6 Å². The maximum absolute atomic E-state index is 12.6. The molecule has 2 rings (SSSR count). The molecule has 2 aromatic rings. The van der Waals surface area contributed by atoms with Crippen molar-refractivity contribution in [2.24, 2.45) is 0 Å². The Hall–Kier alpha value is -1.28. The van der Waals surface area contributed by atoms with E-state index >= 15 is 0 Å². The summed E-state index contributed by atoms with van der Waals surface area (Å²) < 4.78 is 23.1. The smallest absolute Gasteiger partial charge is 0.410 e. The minimum atomic E-state index is -3.33. The summed E-state index contributed by atoms with van der Waals surface area (Å²) in [4.78, 5) is 0. The van der Waals surface area contributed by atoms with Gasteiger partial charge in [0.2, 0.25) is 0 Å². The molecule has 1 atom stereocenters. The molecule has 0 aromatic heterocycles. The summed E-state index contributed by atoms with van der Waals surface area (Å²) in [7, 11) is -1.97. The van der Waals surface area contributed by atoms with Crippen LogP contribution in [0, 0.1) is 0 Å². The average molecular weight is 283 g/mol. The maximum Gasteiger partial charge on any atom is 0.410 e. The zero-order valence-corrected chi connectivity index (χ0v) is 11.4. The molecule has 0 radical (unpaired) electrons. The second-order valence-corrected chi connectivity index (χ2v) is 6.06. The summed E-state index contributed by atoms with van der Waals surface area (Å²) in [6.45, 7) is 0. The van der Waals surface area contributed by atoms with Crippen molar-refractivity contribution in [3.05, 3.63) is 59.6 Å². The zero-order chi connectivity index (χ0) is 13.0. The molecule has 3 nitrogen and oxygen atoms in total. The van der Waals surface area contributed by atoms with Crippen LogP contribution in [0.4, 0.5) is 0 Å². The Labute approximate surface area is 111 Å². The van der Waals surface area contributed by atoms with Crippen LogP contribution in [0.25, 0.3) is 0 Å². The number of halogens is 1. The molecule has 94 valence electrons. The summed E-state index contributed by atoms with van der Waals surface area (Å²) in [5, 5.41) is 1.11. The fourth-order valence-electron chi connectivity index (χ4n) is 1.44. The van der Waals surface area contributed by atoms with E-state index in [0.717, 1.165) is 0 Å². The SMILES string of the molecule is COP(=O)(Oc1ccc(Cl)cc1)c1ccccc1. The lowest BCUT2D eigenvalue weighted by Gasteiger charge is -2.17. The second kappa shape index (κ2) is 5.57. The number of hydrogen-bond donors (Lipinski definition) is 0. The predicted molar refractivity (Wildman–Crippen MR) is 72.8 cm³/mol. The molecule has 0 fully saturated rings. The monoisotopic (exact) mass is 282 g/mol. The minimum absolute atomic E-state index is 0.452. The molecule has 5 heteroatoms. The van der Waals surface area contributed by atoms with Gasteiger partial charge in [0.15, 0.2) is 0 Å². The van der Waals surface area contributed by atoms with Crippen molar-refractivity contribution in [3.63, 3.8) is 0 Å². The standard InChI is InChI=1S/C13H12ClO3P/c1-16-18(15,13-5-3-2-4-6-13)17-12-9-7-11(14)8-10-12/h2-10H,1H3. The Morgan fingerprint density at radius 3 is 2.17 bits per heavy atom. The highest BCUT2D eigenvalue weighted by atomic mass is 35.5. The molecule has 2 aromatic carbocycles. The van der Waals surface area contributed by atoms with Crippen LogP contribution < -0.4 is 9.83 Å². The topological polar surface area (TPSA) is 35.5 Å². The fraction of sp³-hybridized carbons (Fsp3) is 0.0769. The van der Waals surface area contributed by atoms with E-state index in [2.05, 4.69) is 0 Å². The van der Waals surface area contributed by atoms with Crippen LogP contribution in [-0.2, 0) is 9.09 Å². The summed E-state index contributed by atoms with van der Waals surface area (Å²) >= 11 is 5.78. The lowest BCUT2D eigenvalue weighted by molar-refractivity contribution is 0.334. The van der Waals surface area contributed by atoms with E-state index in [1.807, 2.05) is 6.07 Å². The Kier molecular flexibility index (Phi) is 4.07. The first-order valence-electron chi connectivity index (χ1n) is 5.30. The molecule has 0 aliphatic rings. The van der Waals surface area contributed by atoms with E-state index in [1.54, 1.807) is 48.5 Å². The third-order valence-electron chi connectivity index (χ3n) is 2.35. The van der Waals surface area contributed by atoms with Gasteiger partial charge >= 0.3 is 7.60 Å². The second-order valence-electron chi connectivity index (χ2n) is 3.56. The van der Waals surface area contributed by atoms with Crippen LogP contribution in [0.2, 0.25) is 5.02 Å². The molecule has 0 N–H and O–H groups in total. The van der Waals surface area contributed by atoms with Gasteiger partial charge in [0.1, 0.15) is 5.75 Å². The Morgan fingerprint density at radius 1 is 1.00 bits per heavy atom. The molecule has 1 unspecified atom stereocenters. The van der Waals surface area contributed by atoms with Crippen molar-refractivity contribution >= 4 is 24.5 Å². The summed E-state index contributed by atoms with van der Waals surface area (Å²) in [6, 6.07) is 15.5. The molecular formula is C13H12ClO3P. The molecule has 0 bridgehead atoms. The molecule has 0 aliphatic heterocycles. The van der Waals surface area contributed by atoms with Gasteiger partial charge in [-0.3, -0.25) is 4.52 Å². The number of benzene rings is 2. The highest BCUT2D eigenvalue weighted by Crippen LogP contribution is 2.46. The minimum Gasteiger partial charge on any atom is -0.421 e. The van der Waals surface area contributed by atoms with Gasteiger partial charge in [0.05, 0.1) is 5.30 Å². The van der Waals surface area contributed by atoms with E-state index in [0.29, 0.717) is 16.1 Å². The first-order valence-corrected chi connectivity index (χ1v) is 7.23. The van der Waals surface area contributed by atoms with E-state index in [4.69, 9.17) is 20.6 Å². The zero-order valence-electron chi connectivity index (χ0n) is 9.75. The van der Waals surface area contributed by atoms with Gasteiger partial charge in [0.25, 0.3) is 0 Å². The lowest BCUT2D eigenvalue weighted by Crippen LogP contribution is -2.10. The normalized spacial score (nSPS) is 13.9. The molecule has 18 heavy (non-hydrogen) atoms. The van der Waals surface area contributed by atoms with Gasteiger partial charge < -0.3 is 4.52 Å². The Bertz CT molecular complexity index is 554. The summed E-state index contributed by atoms with van der Waals surface area (Å²) in [5.41, 5.74) is 0. The first kappa shape index (κ1) is 13.2. The van der Waals surface area contributed by atoms with Crippen molar-refractivity contribution in [1.82, 2.24) is 0 Å². The number of rotatable bonds is 4. The van der Waals surface area contributed by atoms with Gasteiger partial charge in [-0.2, -0.15) is 0 Å². The molecule has 0 saturated carbocycles. The van der Waals surface area contributed by atoms with Gasteiger partial charge in [0, 0.05) is 12.1 Å². The van der Waals surface area contributed by atoms with E-state index in [9.17, 15) is 4.57 Å². The van der Waals surface area contributed by atoms with Crippen LogP contribution in [0.3, 0.4) is 0 Å². The van der Waals surface area contributed by atoms with Crippen molar-refractivity contribution in [1.29, 1.82) is 0 Å². The Morgan fingerprint density at radius 2 is 1.61 bits per heavy atom. The Balaban J connectivity index is 2.29. The van der Waals surface area contributed by atoms with Crippen LogP contribution in [0.5, 0.6) is 5.75 Å². The van der Waals surface area contributed by atoms with Gasteiger partial charge in [-0.25, -0.2) is 4.57 Å². The van der Waals surface area contributed by atoms with Crippen LogP contribution in [0.15, 0.2) is 54.6 Å². The molecule has 0 saturated heterocycles. The third kappa shape index (κ3) is 2.94. The van der Waals surface area contributed by atoms with Crippen molar-refractivity contribution in [2.45, 2.75) is 0 Å². The molecule has 0 amide bonds. The van der Waals surface area contributed by atoms with Gasteiger partial charge in [-0.15, -0.1) is 0 Å². The average Bonchev–Trinajstić information content (AvgIpc) is 2.42. The molecule has 0 aliphatic carbocycles. The van der Waals surface area contributed by atoms with Crippen LogP contribution in [0.1, 0.15) is 0 Å². The van der Waals surface area contributed by atoms with E-state index < -0.39 is 7.60 Å². The fourth-order valence-corrected chi connectivity index (χ4v) is 2.89. The third-order valence-corrected chi connectivity index (χ3v) is 4.47. The highest BCUT2D eigenvalue weighted by Gasteiger charge is 2.27. The van der Waals surface area contributed by atoms with Crippen LogP contribution >= 0.6 is 19.2 Å². The van der Waals surface area contributed by atoms with Gasteiger partial charge in [-0.05, 0) is 36.4 Å².